The molecule has 0 fully saturated rings. The highest BCUT2D eigenvalue weighted by atomic mass is 16.5. The quantitative estimate of drug-likeness (QED) is 0.216. The maximum atomic E-state index is 13.8. The second-order valence-corrected chi connectivity index (χ2v) is 11.4. The second-order valence-electron chi connectivity index (χ2n) is 11.4. The van der Waals surface area contributed by atoms with Gasteiger partial charge in [-0.05, 0) is 50.4 Å². The van der Waals surface area contributed by atoms with Crippen molar-refractivity contribution in [1.82, 2.24) is 15.0 Å². The van der Waals surface area contributed by atoms with Crippen LogP contribution in [0.15, 0.2) is 65.2 Å². The van der Waals surface area contributed by atoms with Crippen LogP contribution in [-0.4, -0.2) is 76.9 Å². The number of nitrogens with zero attached hydrogens (tertiary/aromatic N) is 3. The predicted octanol–water partition coefficient (Wildman–Crippen LogP) is 5.47. The minimum Gasteiger partial charge on any atom is -0.487 e. The van der Waals surface area contributed by atoms with Crippen molar-refractivity contribution in [1.29, 1.82) is 0 Å². The molecule has 0 saturated carbocycles. The molecule has 0 saturated heterocycles. The van der Waals surface area contributed by atoms with Crippen LogP contribution >= 0.6 is 0 Å². The number of fused-ring (bicyclic) bond motifs is 2. The van der Waals surface area contributed by atoms with Gasteiger partial charge in [0.05, 0.1) is 30.4 Å². The maximum Gasteiger partial charge on any atom is 0.323 e. The maximum absolute atomic E-state index is 13.8. The molecule has 5 rings (SSSR count). The van der Waals surface area contributed by atoms with Gasteiger partial charge in [0.15, 0.2) is 5.76 Å². The van der Waals surface area contributed by atoms with E-state index >= 15 is 0 Å². The average molecular weight is 615 g/mol. The SMILES string of the molecule is Cc1noc(C)c1NC(=O)N(C)C[C@H]1Oc2ccc(NC(=O)Nc3cccc4ccccc34)cc2C(=O)N([C@H](C)CO)C[C@@H]1C. The van der Waals surface area contributed by atoms with Gasteiger partial charge in [-0.1, -0.05) is 48.5 Å². The Bertz CT molecular complexity index is 1700. The Morgan fingerprint density at radius 2 is 1.84 bits per heavy atom. The molecule has 1 aliphatic heterocycles. The number of aliphatic hydroxyl groups excluding tert-OH is 1. The monoisotopic (exact) mass is 614 g/mol. The Morgan fingerprint density at radius 3 is 2.58 bits per heavy atom. The summed E-state index contributed by atoms with van der Waals surface area (Å²) in [5, 5.41) is 24.3. The van der Waals surface area contributed by atoms with Crippen LogP contribution in [-0.2, 0) is 0 Å². The molecule has 1 aliphatic rings. The van der Waals surface area contributed by atoms with Gasteiger partial charge in [-0.25, -0.2) is 9.59 Å². The fourth-order valence-corrected chi connectivity index (χ4v) is 5.35. The average Bonchev–Trinajstić information content (AvgIpc) is 3.34. The predicted molar refractivity (Wildman–Crippen MR) is 172 cm³/mol. The molecule has 4 N–H and O–H groups in total. The van der Waals surface area contributed by atoms with Gasteiger partial charge in [-0.2, -0.15) is 0 Å². The smallest absolute Gasteiger partial charge is 0.323 e. The largest absolute Gasteiger partial charge is 0.487 e. The van der Waals surface area contributed by atoms with Crippen molar-refractivity contribution in [2.75, 3.05) is 42.7 Å². The molecule has 0 bridgehead atoms. The number of anilines is 3. The third kappa shape index (κ3) is 6.86. The van der Waals surface area contributed by atoms with Crippen molar-refractivity contribution in [3.05, 3.63) is 77.7 Å². The number of aliphatic hydroxyl groups is 1. The van der Waals surface area contributed by atoms with E-state index in [-0.39, 0.29) is 43.1 Å². The zero-order valence-electron chi connectivity index (χ0n) is 26.0. The minimum absolute atomic E-state index is 0.199. The third-order valence-corrected chi connectivity index (χ3v) is 8.03. The summed E-state index contributed by atoms with van der Waals surface area (Å²) >= 11 is 0. The number of likely N-dealkylation sites (N-methyl/N-ethyl adjacent to an activating group) is 1. The van der Waals surface area contributed by atoms with Crippen molar-refractivity contribution in [2.45, 2.75) is 39.8 Å². The number of amides is 5. The molecule has 0 aliphatic carbocycles. The zero-order chi connectivity index (χ0) is 32.2. The highest BCUT2D eigenvalue weighted by Crippen LogP contribution is 2.31. The van der Waals surface area contributed by atoms with Crippen LogP contribution in [0, 0.1) is 19.8 Å². The van der Waals surface area contributed by atoms with Crippen molar-refractivity contribution in [2.24, 2.45) is 5.92 Å². The summed E-state index contributed by atoms with van der Waals surface area (Å²) in [5.74, 6) is 0.279. The molecule has 1 aromatic heterocycles. The topological polar surface area (TPSA) is 149 Å². The molecule has 4 aromatic rings. The van der Waals surface area contributed by atoms with Crippen molar-refractivity contribution in [3.8, 4) is 5.75 Å². The Balaban J connectivity index is 1.37. The van der Waals surface area contributed by atoms with Gasteiger partial charge in [0.1, 0.15) is 23.2 Å². The van der Waals surface area contributed by atoms with Crippen molar-refractivity contribution >= 4 is 45.8 Å². The normalized spacial score (nSPS) is 17.0. The van der Waals surface area contributed by atoms with Gasteiger partial charge in [0, 0.05) is 30.6 Å². The Kier molecular flexibility index (Phi) is 9.24. The van der Waals surface area contributed by atoms with Crippen molar-refractivity contribution in [3.63, 3.8) is 0 Å². The summed E-state index contributed by atoms with van der Waals surface area (Å²) in [5.41, 5.74) is 2.36. The van der Waals surface area contributed by atoms with E-state index in [0.29, 0.717) is 34.3 Å². The van der Waals surface area contributed by atoms with Crippen LogP contribution in [0.4, 0.5) is 26.7 Å². The summed E-state index contributed by atoms with van der Waals surface area (Å²) in [6, 6.07) is 16.9. The lowest BCUT2D eigenvalue weighted by atomic mass is 9.99. The van der Waals surface area contributed by atoms with E-state index in [4.69, 9.17) is 9.26 Å². The summed E-state index contributed by atoms with van der Waals surface area (Å²) in [6.07, 6.45) is -0.501. The molecule has 3 atom stereocenters. The lowest BCUT2D eigenvalue weighted by Gasteiger charge is -2.38. The number of rotatable bonds is 7. The van der Waals surface area contributed by atoms with Crippen molar-refractivity contribution < 1.29 is 28.8 Å². The summed E-state index contributed by atoms with van der Waals surface area (Å²) in [4.78, 5) is 43.0. The third-order valence-electron chi connectivity index (χ3n) is 8.03. The minimum atomic E-state index is -0.501. The van der Waals surface area contributed by atoms with Crippen LogP contribution in [0.5, 0.6) is 5.75 Å². The number of urea groups is 2. The molecule has 2 heterocycles. The highest BCUT2D eigenvalue weighted by Gasteiger charge is 2.34. The first-order valence-electron chi connectivity index (χ1n) is 14.8. The van der Waals surface area contributed by atoms with Gasteiger partial charge in [-0.15, -0.1) is 0 Å². The molecule has 45 heavy (non-hydrogen) atoms. The van der Waals surface area contributed by atoms with E-state index in [9.17, 15) is 19.5 Å². The van der Waals surface area contributed by atoms with E-state index in [1.807, 2.05) is 49.4 Å². The fraction of sp³-hybridized carbons (Fsp3) is 0.333. The lowest BCUT2D eigenvalue weighted by molar-refractivity contribution is 0.0371. The molecule has 3 aromatic carbocycles. The number of hydrogen-bond acceptors (Lipinski definition) is 7. The summed E-state index contributed by atoms with van der Waals surface area (Å²) < 4.78 is 11.5. The van der Waals surface area contributed by atoms with Crippen LogP contribution in [0.2, 0.25) is 0 Å². The van der Waals surface area contributed by atoms with Gasteiger partial charge >= 0.3 is 12.1 Å². The van der Waals surface area contributed by atoms with Gasteiger partial charge < -0.3 is 40.1 Å². The van der Waals surface area contributed by atoms with E-state index < -0.39 is 18.2 Å². The van der Waals surface area contributed by atoms with E-state index in [1.54, 1.807) is 50.9 Å². The van der Waals surface area contributed by atoms with E-state index in [2.05, 4.69) is 21.1 Å². The zero-order valence-corrected chi connectivity index (χ0v) is 26.0. The van der Waals surface area contributed by atoms with Gasteiger partial charge in [-0.3, -0.25) is 4.79 Å². The first-order valence-corrected chi connectivity index (χ1v) is 14.8. The van der Waals surface area contributed by atoms with Crippen LogP contribution in [0.1, 0.15) is 35.7 Å². The first kappa shape index (κ1) is 31.3. The number of carbonyl (C=O) groups is 3. The number of aryl methyl sites for hydroxylation is 2. The van der Waals surface area contributed by atoms with E-state index in [0.717, 1.165) is 10.8 Å². The summed E-state index contributed by atoms with van der Waals surface area (Å²) in [6.45, 7) is 7.43. The van der Waals surface area contributed by atoms with Crippen LogP contribution < -0.4 is 20.7 Å². The standard InChI is InChI=1S/C33H38N6O6/c1-19-16-39(20(2)18-40)31(41)26-15-24(34-32(42)35-27-12-8-10-23-9-6-7-11-25(23)27)13-14-28(26)44-29(19)17-38(5)33(43)36-30-21(3)37-45-22(30)4/h6-15,19-20,29,40H,16-18H2,1-5H3,(H,36,43)(H2,34,35,42)/t19-,20+,29+/m0/s1. The Labute approximate surface area is 261 Å². The number of nitrogens with one attached hydrogen (secondary N) is 3. The van der Waals surface area contributed by atoms with E-state index in [1.165, 1.54) is 4.90 Å². The molecular formula is C33H38N6O6. The fourth-order valence-electron chi connectivity index (χ4n) is 5.35. The highest BCUT2D eigenvalue weighted by molar-refractivity contribution is 6.07. The number of benzene rings is 3. The number of hydrogen-bond donors (Lipinski definition) is 4. The lowest BCUT2D eigenvalue weighted by Crippen LogP contribution is -2.50. The second kappa shape index (κ2) is 13.3. The Hall–Kier alpha value is -5.10. The molecular weight excluding hydrogens is 576 g/mol. The molecule has 0 spiro atoms. The van der Waals surface area contributed by atoms with Gasteiger partial charge in [0.2, 0.25) is 0 Å². The number of carbonyl (C=O) groups excluding carboxylic acids is 3. The molecule has 0 radical (unpaired) electrons. The van der Waals surface area contributed by atoms with Gasteiger partial charge in [0.25, 0.3) is 5.91 Å². The number of aromatic nitrogens is 1. The summed E-state index contributed by atoms with van der Waals surface area (Å²) in [7, 11) is 1.66. The Morgan fingerprint density at radius 1 is 1.09 bits per heavy atom. The first-order chi connectivity index (χ1) is 21.5. The van der Waals surface area contributed by atoms with Crippen LogP contribution in [0.25, 0.3) is 10.8 Å². The molecule has 236 valence electrons. The molecule has 5 amide bonds. The molecule has 12 heteroatoms. The molecule has 12 nitrogen and oxygen atoms in total. The molecule has 0 unspecified atom stereocenters. The number of ether oxygens (including phenoxy) is 1. The van der Waals surface area contributed by atoms with Crippen LogP contribution in [0.3, 0.4) is 0 Å².